The average molecular weight is 272 g/mol. The van der Waals surface area contributed by atoms with Gasteiger partial charge in [0, 0.05) is 0 Å². The van der Waals surface area contributed by atoms with Gasteiger partial charge in [-0.05, 0) is 37.8 Å². The molecule has 0 aromatic heterocycles. The lowest BCUT2D eigenvalue weighted by molar-refractivity contribution is 0.365. The molecule has 1 aliphatic heterocycles. The summed E-state index contributed by atoms with van der Waals surface area (Å²) in [6.45, 7) is 1.35. The maximum Gasteiger partial charge on any atom is 0.494 e. The Balaban J connectivity index is 1.96. The Kier molecular flexibility index (Phi) is 2.31. The molecule has 0 aliphatic carbocycles. The Bertz CT molecular complexity index is 942. The zero-order valence-electron chi connectivity index (χ0n) is 11.5. The maximum atomic E-state index is 5.71. The Morgan fingerprint density at radius 3 is 2.05 bits per heavy atom. The summed E-state index contributed by atoms with van der Waals surface area (Å²) in [5.74, 6) is 0. The van der Waals surface area contributed by atoms with Gasteiger partial charge in [0.2, 0.25) is 0 Å². The molecule has 4 aromatic carbocycles. The first-order valence-corrected chi connectivity index (χ1v) is 7.31. The Morgan fingerprint density at radius 1 is 0.667 bits per heavy atom. The molecule has 0 spiro atoms. The van der Waals surface area contributed by atoms with E-state index < -0.39 is 0 Å². The Hall–Kier alpha value is -2.10. The van der Waals surface area contributed by atoms with Gasteiger partial charge in [0.05, 0.1) is 13.2 Å². The van der Waals surface area contributed by atoms with Crippen LogP contribution in [0, 0.1) is 0 Å². The smallest absolute Gasteiger partial charge is 0.405 e. The Labute approximate surface area is 122 Å². The second-order valence-corrected chi connectivity index (χ2v) is 5.58. The minimum absolute atomic E-state index is 0.227. The molecule has 1 aliphatic rings. The third-order valence-electron chi connectivity index (χ3n) is 4.44. The van der Waals surface area contributed by atoms with E-state index >= 15 is 0 Å². The van der Waals surface area contributed by atoms with Gasteiger partial charge >= 0.3 is 7.12 Å². The van der Waals surface area contributed by atoms with Gasteiger partial charge in [-0.1, -0.05) is 54.6 Å². The second kappa shape index (κ2) is 4.20. The molecule has 100 valence electrons. The molecule has 2 nitrogen and oxygen atoms in total. The van der Waals surface area contributed by atoms with Crippen LogP contribution in [0.25, 0.3) is 32.3 Å². The van der Waals surface area contributed by atoms with E-state index in [4.69, 9.17) is 9.31 Å². The fourth-order valence-electron chi connectivity index (χ4n) is 3.50. The fourth-order valence-corrected chi connectivity index (χ4v) is 3.50. The van der Waals surface area contributed by atoms with Crippen LogP contribution in [0.5, 0.6) is 0 Å². The van der Waals surface area contributed by atoms with Crippen molar-refractivity contribution in [3.63, 3.8) is 0 Å². The van der Waals surface area contributed by atoms with Crippen molar-refractivity contribution in [2.75, 3.05) is 13.2 Å². The molecule has 0 bridgehead atoms. The van der Waals surface area contributed by atoms with Crippen molar-refractivity contribution in [2.45, 2.75) is 0 Å². The van der Waals surface area contributed by atoms with Gasteiger partial charge in [-0.2, -0.15) is 0 Å². The molecule has 1 fully saturated rings. The molecule has 5 rings (SSSR count). The van der Waals surface area contributed by atoms with Gasteiger partial charge in [-0.25, -0.2) is 0 Å². The van der Waals surface area contributed by atoms with Crippen molar-refractivity contribution in [2.24, 2.45) is 0 Å². The van der Waals surface area contributed by atoms with Crippen LogP contribution in [0.4, 0.5) is 0 Å². The molecule has 0 amide bonds. The molecular weight excluding hydrogens is 259 g/mol. The summed E-state index contributed by atoms with van der Waals surface area (Å²) in [4.78, 5) is 0. The minimum atomic E-state index is -0.227. The zero-order chi connectivity index (χ0) is 13.8. The van der Waals surface area contributed by atoms with Crippen LogP contribution in [0.2, 0.25) is 0 Å². The summed E-state index contributed by atoms with van der Waals surface area (Å²) < 4.78 is 11.4. The lowest BCUT2D eigenvalue weighted by Gasteiger charge is -2.14. The summed E-state index contributed by atoms with van der Waals surface area (Å²) in [5, 5.41) is 7.75. The molecule has 3 heteroatoms. The van der Waals surface area contributed by atoms with Crippen LogP contribution < -0.4 is 5.46 Å². The van der Waals surface area contributed by atoms with Crippen LogP contribution in [0.1, 0.15) is 0 Å². The molecule has 0 N–H and O–H groups in total. The third kappa shape index (κ3) is 1.56. The average Bonchev–Trinajstić information content (AvgIpc) is 3.07. The summed E-state index contributed by atoms with van der Waals surface area (Å²) in [6.07, 6.45) is 0. The van der Waals surface area contributed by atoms with Gasteiger partial charge in [0.15, 0.2) is 0 Å². The summed E-state index contributed by atoms with van der Waals surface area (Å²) in [5.41, 5.74) is 1.14. The van der Waals surface area contributed by atoms with Crippen LogP contribution in [-0.2, 0) is 9.31 Å². The van der Waals surface area contributed by atoms with E-state index in [2.05, 4.69) is 54.6 Å². The highest BCUT2D eigenvalue weighted by molar-refractivity contribution is 6.65. The zero-order valence-corrected chi connectivity index (χ0v) is 11.5. The van der Waals surface area contributed by atoms with Gasteiger partial charge in [0.1, 0.15) is 0 Å². The largest absolute Gasteiger partial charge is 0.494 e. The molecular formula is C18H13BO2. The molecule has 1 saturated heterocycles. The summed E-state index contributed by atoms with van der Waals surface area (Å²) in [6, 6.07) is 19.6. The SMILES string of the molecule is c1cc2ccc3ccc(B4OCCO4)c4ccc(c1)c2c34. The Morgan fingerprint density at radius 2 is 1.29 bits per heavy atom. The van der Waals surface area contributed by atoms with Crippen molar-refractivity contribution in [1.29, 1.82) is 0 Å². The van der Waals surface area contributed by atoms with Crippen molar-refractivity contribution in [3.8, 4) is 0 Å². The quantitative estimate of drug-likeness (QED) is 0.391. The topological polar surface area (TPSA) is 18.5 Å². The van der Waals surface area contributed by atoms with Gasteiger partial charge < -0.3 is 9.31 Å². The highest BCUT2D eigenvalue weighted by atomic mass is 16.6. The highest BCUT2D eigenvalue weighted by Crippen LogP contribution is 2.33. The highest BCUT2D eigenvalue weighted by Gasteiger charge is 2.28. The maximum absolute atomic E-state index is 5.71. The predicted octanol–water partition coefficient (Wildman–Crippen LogP) is 3.33. The van der Waals surface area contributed by atoms with Crippen molar-refractivity contribution in [1.82, 2.24) is 0 Å². The molecule has 21 heavy (non-hydrogen) atoms. The minimum Gasteiger partial charge on any atom is -0.405 e. The summed E-state index contributed by atoms with van der Waals surface area (Å²) in [7, 11) is -0.227. The number of benzene rings is 4. The van der Waals surface area contributed by atoms with Gasteiger partial charge in [-0.15, -0.1) is 0 Å². The standard InChI is InChI=1S/C18H13BO2/c1-2-12-4-5-14-7-9-16(19-20-10-11-21-19)15-8-6-13(3-1)17(12)18(14)15/h1-9H,10-11H2. The lowest BCUT2D eigenvalue weighted by atomic mass is 9.75. The number of rotatable bonds is 1. The van der Waals surface area contributed by atoms with Crippen LogP contribution in [0.3, 0.4) is 0 Å². The first-order valence-electron chi connectivity index (χ1n) is 7.31. The third-order valence-corrected chi connectivity index (χ3v) is 4.44. The molecule has 0 radical (unpaired) electrons. The van der Waals surface area contributed by atoms with Crippen LogP contribution in [0.15, 0.2) is 54.6 Å². The number of hydrogen-bond acceptors (Lipinski definition) is 2. The van der Waals surface area contributed by atoms with Crippen LogP contribution >= 0.6 is 0 Å². The summed E-state index contributed by atoms with van der Waals surface area (Å²) >= 11 is 0. The van der Waals surface area contributed by atoms with E-state index in [-0.39, 0.29) is 7.12 Å². The second-order valence-electron chi connectivity index (χ2n) is 5.58. The molecule has 4 aromatic rings. The van der Waals surface area contributed by atoms with E-state index in [9.17, 15) is 0 Å². The van der Waals surface area contributed by atoms with Crippen molar-refractivity contribution < 1.29 is 9.31 Å². The van der Waals surface area contributed by atoms with E-state index in [1.54, 1.807) is 0 Å². The predicted molar refractivity (Wildman–Crippen MR) is 87.4 cm³/mol. The van der Waals surface area contributed by atoms with Gasteiger partial charge in [-0.3, -0.25) is 0 Å². The van der Waals surface area contributed by atoms with E-state index in [1.807, 2.05) is 0 Å². The molecule has 0 saturated carbocycles. The monoisotopic (exact) mass is 272 g/mol. The lowest BCUT2D eigenvalue weighted by Crippen LogP contribution is -2.32. The first kappa shape index (κ1) is 11.6. The van der Waals surface area contributed by atoms with E-state index in [0.29, 0.717) is 13.2 Å². The first-order chi connectivity index (χ1) is 10.4. The van der Waals surface area contributed by atoms with Crippen LogP contribution in [-0.4, -0.2) is 20.3 Å². The van der Waals surface area contributed by atoms with E-state index in [0.717, 1.165) is 5.46 Å². The van der Waals surface area contributed by atoms with Crippen molar-refractivity contribution in [3.05, 3.63) is 54.6 Å². The molecule has 1 heterocycles. The number of hydrogen-bond donors (Lipinski definition) is 0. The fraction of sp³-hybridized carbons (Fsp3) is 0.111. The van der Waals surface area contributed by atoms with Crippen molar-refractivity contribution >= 4 is 44.9 Å². The van der Waals surface area contributed by atoms with E-state index in [1.165, 1.54) is 32.3 Å². The van der Waals surface area contributed by atoms with Gasteiger partial charge in [0.25, 0.3) is 0 Å². The molecule has 0 atom stereocenters. The normalized spacial score (nSPS) is 15.7. The molecule has 0 unspecified atom stereocenters.